The van der Waals surface area contributed by atoms with Gasteiger partial charge in [-0.2, -0.15) is 0 Å². The van der Waals surface area contributed by atoms with Crippen molar-refractivity contribution in [1.29, 1.82) is 0 Å². The zero-order valence-electron chi connectivity index (χ0n) is 12.0. The lowest BCUT2D eigenvalue weighted by Gasteiger charge is -2.01. The molecule has 0 atom stereocenters. The number of nitrogens with one attached hydrogen (secondary N) is 1. The molecule has 2 heterocycles. The van der Waals surface area contributed by atoms with Crippen LogP contribution in [-0.4, -0.2) is 21.0 Å². The summed E-state index contributed by atoms with van der Waals surface area (Å²) in [6, 6.07) is 0.727. The summed E-state index contributed by atoms with van der Waals surface area (Å²) in [5.41, 5.74) is 2.29. The average Bonchev–Trinajstić information content (AvgIpc) is 3.19. The molecular weight excluding hydrogens is 268 g/mol. The molecule has 0 radical (unpaired) electrons. The van der Waals surface area contributed by atoms with Crippen LogP contribution in [0, 0.1) is 6.92 Å². The number of thiazole rings is 1. The van der Waals surface area contributed by atoms with Crippen molar-refractivity contribution in [3.8, 4) is 10.8 Å². The summed E-state index contributed by atoms with van der Waals surface area (Å²) >= 11 is 1.73. The molecule has 0 saturated heterocycles. The monoisotopic (exact) mass is 288 g/mol. The van der Waals surface area contributed by atoms with Crippen LogP contribution in [0.5, 0.6) is 0 Å². The molecule has 1 aliphatic rings. The van der Waals surface area contributed by atoms with Gasteiger partial charge >= 0.3 is 0 Å². The third-order valence-electron chi connectivity index (χ3n) is 3.37. The SMILES string of the molecule is CCCc1nc(-c2ncc(C)cn2)sc1CNC1CC1. The zero-order valence-corrected chi connectivity index (χ0v) is 12.8. The van der Waals surface area contributed by atoms with E-state index < -0.39 is 0 Å². The predicted octanol–water partition coefficient (Wildman–Crippen LogP) is 3.11. The summed E-state index contributed by atoms with van der Waals surface area (Å²) < 4.78 is 0. The van der Waals surface area contributed by atoms with Gasteiger partial charge in [0.2, 0.25) is 0 Å². The lowest BCUT2D eigenvalue weighted by molar-refractivity contribution is 0.686. The van der Waals surface area contributed by atoms with Crippen molar-refractivity contribution in [1.82, 2.24) is 20.3 Å². The van der Waals surface area contributed by atoms with Gasteiger partial charge in [-0.15, -0.1) is 11.3 Å². The summed E-state index contributed by atoms with van der Waals surface area (Å²) in [6.07, 6.45) is 8.49. The van der Waals surface area contributed by atoms with E-state index in [1.165, 1.54) is 23.4 Å². The molecule has 5 heteroatoms. The van der Waals surface area contributed by atoms with Crippen molar-refractivity contribution in [2.75, 3.05) is 0 Å². The molecule has 0 spiro atoms. The third-order valence-corrected chi connectivity index (χ3v) is 4.46. The smallest absolute Gasteiger partial charge is 0.188 e. The molecular formula is C15H20N4S. The van der Waals surface area contributed by atoms with Gasteiger partial charge in [0.1, 0.15) is 0 Å². The summed E-state index contributed by atoms with van der Waals surface area (Å²) in [5.74, 6) is 0.746. The fourth-order valence-corrected chi connectivity index (χ4v) is 3.08. The maximum atomic E-state index is 4.75. The minimum Gasteiger partial charge on any atom is -0.309 e. The topological polar surface area (TPSA) is 50.7 Å². The Kier molecular flexibility index (Phi) is 4.08. The fraction of sp³-hybridized carbons (Fsp3) is 0.533. The van der Waals surface area contributed by atoms with Gasteiger partial charge in [0.25, 0.3) is 0 Å². The van der Waals surface area contributed by atoms with E-state index in [9.17, 15) is 0 Å². The summed E-state index contributed by atoms with van der Waals surface area (Å²) in [7, 11) is 0. The number of aromatic nitrogens is 3. The van der Waals surface area contributed by atoms with E-state index in [2.05, 4.69) is 22.2 Å². The molecule has 3 rings (SSSR count). The molecule has 1 N–H and O–H groups in total. The Morgan fingerprint density at radius 1 is 1.30 bits per heavy atom. The molecule has 0 unspecified atom stereocenters. The number of nitrogens with zero attached hydrogens (tertiary/aromatic N) is 3. The average molecular weight is 288 g/mol. The fourth-order valence-electron chi connectivity index (χ4n) is 2.08. The lowest BCUT2D eigenvalue weighted by Crippen LogP contribution is -2.15. The second-order valence-electron chi connectivity index (χ2n) is 5.38. The van der Waals surface area contributed by atoms with E-state index in [1.807, 2.05) is 19.3 Å². The molecule has 1 fully saturated rings. The molecule has 0 amide bonds. The Labute approximate surface area is 123 Å². The maximum absolute atomic E-state index is 4.75. The van der Waals surface area contributed by atoms with Gasteiger partial charge in [-0.1, -0.05) is 13.3 Å². The summed E-state index contributed by atoms with van der Waals surface area (Å²) in [4.78, 5) is 14.9. The second-order valence-corrected chi connectivity index (χ2v) is 6.46. The van der Waals surface area contributed by atoms with Crippen molar-refractivity contribution in [3.05, 3.63) is 28.5 Å². The standard InChI is InChI=1S/C15H20N4S/c1-3-4-12-13(9-16-11-5-6-11)20-15(19-12)14-17-7-10(2)8-18-14/h7-8,11,16H,3-6,9H2,1-2H3. The van der Waals surface area contributed by atoms with Crippen LogP contribution < -0.4 is 5.32 Å². The quantitative estimate of drug-likeness (QED) is 0.887. The Hall–Kier alpha value is -1.33. The molecule has 0 aliphatic heterocycles. The van der Waals surface area contributed by atoms with Crippen molar-refractivity contribution in [3.63, 3.8) is 0 Å². The minimum absolute atomic E-state index is 0.727. The molecule has 106 valence electrons. The molecule has 1 aliphatic carbocycles. The molecule has 0 aromatic carbocycles. The van der Waals surface area contributed by atoms with Gasteiger partial charge in [0.05, 0.1) is 5.69 Å². The molecule has 4 nitrogen and oxygen atoms in total. The van der Waals surface area contributed by atoms with Gasteiger partial charge < -0.3 is 5.32 Å². The van der Waals surface area contributed by atoms with E-state index in [0.717, 1.165) is 41.8 Å². The molecule has 20 heavy (non-hydrogen) atoms. The number of hydrogen-bond acceptors (Lipinski definition) is 5. The van der Waals surface area contributed by atoms with Crippen LogP contribution >= 0.6 is 11.3 Å². The van der Waals surface area contributed by atoms with Crippen LogP contribution in [0.15, 0.2) is 12.4 Å². The van der Waals surface area contributed by atoms with E-state index >= 15 is 0 Å². The highest BCUT2D eigenvalue weighted by molar-refractivity contribution is 7.15. The van der Waals surface area contributed by atoms with Crippen LogP contribution in [0.3, 0.4) is 0 Å². The first-order chi connectivity index (χ1) is 9.76. The van der Waals surface area contributed by atoms with Crippen molar-refractivity contribution in [2.45, 2.75) is 52.1 Å². The van der Waals surface area contributed by atoms with E-state index in [-0.39, 0.29) is 0 Å². The lowest BCUT2D eigenvalue weighted by atomic mass is 10.2. The highest BCUT2D eigenvalue weighted by atomic mass is 32.1. The first-order valence-corrected chi connectivity index (χ1v) is 8.09. The Morgan fingerprint density at radius 3 is 2.70 bits per heavy atom. The summed E-state index contributed by atoms with van der Waals surface area (Å²) in [5, 5.41) is 4.52. The first kappa shape index (κ1) is 13.6. The molecule has 2 aromatic rings. The van der Waals surface area contributed by atoms with Gasteiger partial charge in [-0.05, 0) is 31.7 Å². The normalized spacial score (nSPS) is 14.7. The molecule has 2 aromatic heterocycles. The Balaban J connectivity index is 1.82. The van der Waals surface area contributed by atoms with Crippen molar-refractivity contribution < 1.29 is 0 Å². The van der Waals surface area contributed by atoms with Crippen LogP contribution in [0.25, 0.3) is 10.8 Å². The van der Waals surface area contributed by atoms with Crippen molar-refractivity contribution in [2.24, 2.45) is 0 Å². The zero-order chi connectivity index (χ0) is 13.9. The predicted molar refractivity (Wildman–Crippen MR) is 81.7 cm³/mol. The number of hydrogen-bond donors (Lipinski definition) is 1. The first-order valence-electron chi connectivity index (χ1n) is 7.27. The summed E-state index contributed by atoms with van der Waals surface area (Å²) in [6.45, 7) is 5.13. The van der Waals surface area contributed by atoms with Gasteiger partial charge in [-0.25, -0.2) is 15.0 Å². The van der Waals surface area contributed by atoms with Gasteiger partial charge in [-0.3, -0.25) is 0 Å². The van der Waals surface area contributed by atoms with Crippen LogP contribution in [0.1, 0.15) is 42.3 Å². The van der Waals surface area contributed by atoms with Crippen LogP contribution in [0.4, 0.5) is 0 Å². The highest BCUT2D eigenvalue weighted by Gasteiger charge is 2.22. The van der Waals surface area contributed by atoms with Gasteiger partial charge in [0.15, 0.2) is 10.8 Å². The highest BCUT2D eigenvalue weighted by Crippen LogP contribution is 2.28. The molecule has 1 saturated carbocycles. The maximum Gasteiger partial charge on any atom is 0.188 e. The third kappa shape index (κ3) is 3.22. The van der Waals surface area contributed by atoms with E-state index in [0.29, 0.717) is 0 Å². The van der Waals surface area contributed by atoms with Crippen molar-refractivity contribution >= 4 is 11.3 Å². The van der Waals surface area contributed by atoms with Crippen LogP contribution in [-0.2, 0) is 13.0 Å². The molecule has 0 bridgehead atoms. The largest absolute Gasteiger partial charge is 0.309 e. The Bertz CT molecular complexity index is 572. The van der Waals surface area contributed by atoms with E-state index in [1.54, 1.807) is 11.3 Å². The Morgan fingerprint density at radius 2 is 2.05 bits per heavy atom. The minimum atomic E-state index is 0.727. The number of rotatable bonds is 6. The van der Waals surface area contributed by atoms with Crippen LogP contribution in [0.2, 0.25) is 0 Å². The number of aryl methyl sites for hydroxylation is 2. The van der Waals surface area contributed by atoms with Gasteiger partial charge in [0, 0.05) is 29.9 Å². The second kappa shape index (κ2) is 5.97. The van der Waals surface area contributed by atoms with E-state index in [4.69, 9.17) is 4.98 Å².